The highest BCUT2D eigenvalue weighted by Gasteiger charge is 2.30. The molecule has 3 rings (SSSR count). The van der Waals surface area contributed by atoms with E-state index in [1.807, 2.05) is 6.92 Å². The summed E-state index contributed by atoms with van der Waals surface area (Å²) >= 11 is 6.07. The Labute approximate surface area is 160 Å². The highest BCUT2D eigenvalue weighted by molar-refractivity contribution is 7.89. The van der Waals surface area contributed by atoms with Gasteiger partial charge in [0.1, 0.15) is 0 Å². The van der Waals surface area contributed by atoms with Crippen LogP contribution < -0.4 is 0 Å². The number of nitrogens with zero attached hydrogens (tertiary/aromatic N) is 3. The van der Waals surface area contributed by atoms with E-state index in [4.69, 9.17) is 11.6 Å². The van der Waals surface area contributed by atoms with E-state index in [1.165, 1.54) is 23.2 Å². The lowest BCUT2D eigenvalue weighted by Gasteiger charge is -2.34. The SMILES string of the molecule is Cc1ccc(S(=O)(=O)N2CCN(C(=O)CCN3CCCC3)CC2)cc1Cl. The summed E-state index contributed by atoms with van der Waals surface area (Å²) in [5.41, 5.74) is 0.846. The first-order valence-corrected chi connectivity index (χ1v) is 11.0. The standard InChI is InChI=1S/C18H26ClN3O3S/c1-15-4-5-16(14-17(15)19)26(24,25)22-12-10-21(11-13-22)18(23)6-9-20-7-2-3-8-20/h4-5,14H,2-3,6-13H2,1H3. The Morgan fingerprint density at radius 2 is 1.73 bits per heavy atom. The molecule has 1 aromatic carbocycles. The molecule has 0 aromatic heterocycles. The number of carbonyl (C=O) groups is 1. The molecule has 2 fully saturated rings. The molecule has 6 nitrogen and oxygen atoms in total. The van der Waals surface area contributed by atoms with E-state index in [-0.39, 0.29) is 10.8 Å². The Bertz CT molecular complexity index is 755. The summed E-state index contributed by atoms with van der Waals surface area (Å²) < 4.78 is 27.0. The fourth-order valence-electron chi connectivity index (χ4n) is 3.48. The summed E-state index contributed by atoms with van der Waals surface area (Å²) in [7, 11) is -3.57. The average molecular weight is 400 g/mol. The number of aryl methyl sites for hydroxylation is 1. The van der Waals surface area contributed by atoms with Crippen LogP contribution in [0.15, 0.2) is 23.1 Å². The van der Waals surface area contributed by atoms with Gasteiger partial charge >= 0.3 is 0 Å². The third-order valence-corrected chi connectivity index (χ3v) is 7.51. The van der Waals surface area contributed by atoms with Crippen molar-refractivity contribution in [3.8, 4) is 0 Å². The second-order valence-electron chi connectivity index (χ2n) is 6.99. The van der Waals surface area contributed by atoms with E-state index in [1.54, 1.807) is 17.0 Å². The van der Waals surface area contributed by atoms with E-state index in [0.717, 1.165) is 25.2 Å². The average Bonchev–Trinajstić information content (AvgIpc) is 3.15. The van der Waals surface area contributed by atoms with Gasteiger partial charge in [0.2, 0.25) is 15.9 Å². The number of rotatable bonds is 5. The van der Waals surface area contributed by atoms with Gasteiger partial charge in [0.05, 0.1) is 4.90 Å². The number of halogens is 1. The number of carbonyl (C=O) groups excluding carboxylic acids is 1. The van der Waals surface area contributed by atoms with Crippen molar-refractivity contribution in [3.63, 3.8) is 0 Å². The monoisotopic (exact) mass is 399 g/mol. The maximum absolute atomic E-state index is 12.8. The number of piperazine rings is 1. The Balaban J connectivity index is 1.55. The van der Waals surface area contributed by atoms with Gasteiger partial charge in [0.15, 0.2) is 0 Å². The Morgan fingerprint density at radius 1 is 1.08 bits per heavy atom. The third-order valence-electron chi connectivity index (χ3n) is 5.21. The molecule has 0 spiro atoms. The first-order valence-electron chi connectivity index (χ1n) is 9.14. The molecule has 1 amide bonds. The van der Waals surface area contributed by atoms with Crippen molar-refractivity contribution in [1.82, 2.24) is 14.1 Å². The largest absolute Gasteiger partial charge is 0.340 e. The highest BCUT2D eigenvalue weighted by Crippen LogP contribution is 2.23. The minimum Gasteiger partial charge on any atom is -0.340 e. The van der Waals surface area contributed by atoms with Gasteiger partial charge in [-0.1, -0.05) is 17.7 Å². The van der Waals surface area contributed by atoms with Gasteiger partial charge in [0, 0.05) is 44.2 Å². The third kappa shape index (κ3) is 4.39. The minimum atomic E-state index is -3.57. The lowest BCUT2D eigenvalue weighted by molar-refractivity contribution is -0.132. The van der Waals surface area contributed by atoms with E-state index < -0.39 is 10.0 Å². The topological polar surface area (TPSA) is 60.9 Å². The van der Waals surface area contributed by atoms with Crippen molar-refractivity contribution in [1.29, 1.82) is 0 Å². The van der Waals surface area contributed by atoms with Crippen molar-refractivity contribution in [2.75, 3.05) is 45.8 Å². The first kappa shape index (κ1) is 19.6. The summed E-state index contributed by atoms with van der Waals surface area (Å²) in [6.45, 7) is 6.34. The summed E-state index contributed by atoms with van der Waals surface area (Å²) in [6, 6.07) is 4.80. The van der Waals surface area contributed by atoms with Crippen LogP contribution in [0.4, 0.5) is 0 Å². The van der Waals surface area contributed by atoms with Gasteiger partial charge in [0.25, 0.3) is 0 Å². The number of hydrogen-bond donors (Lipinski definition) is 0. The highest BCUT2D eigenvalue weighted by atomic mass is 35.5. The maximum atomic E-state index is 12.8. The van der Waals surface area contributed by atoms with E-state index in [9.17, 15) is 13.2 Å². The van der Waals surface area contributed by atoms with Crippen molar-refractivity contribution >= 4 is 27.5 Å². The molecule has 0 unspecified atom stereocenters. The van der Waals surface area contributed by atoms with Crippen LogP contribution in [0.2, 0.25) is 5.02 Å². The van der Waals surface area contributed by atoms with Crippen molar-refractivity contribution < 1.29 is 13.2 Å². The molecule has 0 radical (unpaired) electrons. The molecule has 2 heterocycles. The molecule has 0 aliphatic carbocycles. The van der Waals surface area contributed by atoms with Crippen LogP contribution in [0.3, 0.4) is 0 Å². The minimum absolute atomic E-state index is 0.118. The molecule has 0 atom stereocenters. The van der Waals surface area contributed by atoms with Gasteiger partial charge in [-0.25, -0.2) is 8.42 Å². The van der Waals surface area contributed by atoms with E-state index in [0.29, 0.717) is 37.6 Å². The summed E-state index contributed by atoms with van der Waals surface area (Å²) in [5, 5.41) is 0.446. The summed E-state index contributed by atoms with van der Waals surface area (Å²) in [6.07, 6.45) is 2.95. The first-order chi connectivity index (χ1) is 12.4. The molecule has 2 aliphatic rings. The van der Waals surface area contributed by atoms with Crippen LogP contribution in [0.5, 0.6) is 0 Å². The molecule has 2 saturated heterocycles. The molecule has 2 aliphatic heterocycles. The molecule has 1 aromatic rings. The number of likely N-dealkylation sites (tertiary alicyclic amines) is 1. The van der Waals surface area contributed by atoms with Crippen LogP contribution in [-0.2, 0) is 14.8 Å². The van der Waals surface area contributed by atoms with Crippen LogP contribution in [0, 0.1) is 6.92 Å². The van der Waals surface area contributed by atoms with Gasteiger partial charge < -0.3 is 9.80 Å². The Kier molecular flexibility index (Phi) is 6.22. The smallest absolute Gasteiger partial charge is 0.243 e. The fraction of sp³-hybridized carbons (Fsp3) is 0.611. The van der Waals surface area contributed by atoms with Crippen LogP contribution >= 0.6 is 11.6 Å². The maximum Gasteiger partial charge on any atom is 0.243 e. The van der Waals surface area contributed by atoms with E-state index in [2.05, 4.69) is 4.90 Å². The lowest BCUT2D eigenvalue weighted by Crippen LogP contribution is -2.50. The zero-order valence-corrected chi connectivity index (χ0v) is 16.7. The second-order valence-corrected chi connectivity index (χ2v) is 9.34. The normalized spacial score (nSPS) is 19.8. The zero-order chi connectivity index (χ0) is 18.7. The molecule has 26 heavy (non-hydrogen) atoms. The molecule has 0 saturated carbocycles. The predicted molar refractivity (Wildman–Crippen MR) is 102 cm³/mol. The molecule has 0 bridgehead atoms. The van der Waals surface area contributed by atoms with E-state index >= 15 is 0 Å². The molecular weight excluding hydrogens is 374 g/mol. The number of benzene rings is 1. The second kappa shape index (κ2) is 8.25. The Hall–Kier alpha value is -1.15. The summed E-state index contributed by atoms with van der Waals surface area (Å²) in [5.74, 6) is 0.118. The lowest BCUT2D eigenvalue weighted by atomic mass is 10.2. The number of hydrogen-bond acceptors (Lipinski definition) is 4. The number of sulfonamides is 1. The van der Waals surface area contributed by atoms with Crippen molar-refractivity contribution in [2.45, 2.75) is 31.1 Å². The molecular formula is C18H26ClN3O3S. The summed E-state index contributed by atoms with van der Waals surface area (Å²) in [4.78, 5) is 16.7. The molecule has 8 heteroatoms. The van der Waals surface area contributed by atoms with Gasteiger partial charge in [-0.05, 0) is 50.6 Å². The van der Waals surface area contributed by atoms with Crippen molar-refractivity contribution in [2.24, 2.45) is 0 Å². The quantitative estimate of drug-likeness (QED) is 0.759. The van der Waals surface area contributed by atoms with Crippen LogP contribution in [0.25, 0.3) is 0 Å². The Morgan fingerprint density at radius 3 is 2.35 bits per heavy atom. The van der Waals surface area contributed by atoms with Crippen LogP contribution in [0.1, 0.15) is 24.8 Å². The number of amides is 1. The van der Waals surface area contributed by atoms with Crippen molar-refractivity contribution in [3.05, 3.63) is 28.8 Å². The van der Waals surface area contributed by atoms with Gasteiger partial charge in [-0.15, -0.1) is 0 Å². The molecule has 0 N–H and O–H groups in total. The fourth-order valence-corrected chi connectivity index (χ4v) is 5.17. The van der Waals surface area contributed by atoms with Gasteiger partial charge in [-0.3, -0.25) is 4.79 Å². The van der Waals surface area contributed by atoms with Crippen LogP contribution in [-0.4, -0.2) is 74.2 Å². The zero-order valence-electron chi connectivity index (χ0n) is 15.2. The van der Waals surface area contributed by atoms with Gasteiger partial charge in [-0.2, -0.15) is 4.31 Å². The predicted octanol–water partition coefficient (Wildman–Crippen LogP) is 1.97. The molecule has 144 valence electrons.